The van der Waals surface area contributed by atoms with E-state index in [1.807, 2.05) is 27.7 Å². The third-order valence-corrected chi connectivity index (χ3v) is 3.78. The fraction of sp³-hybridized carbons (Fsp3) is 0.800. The van der Waals surface area contributed by atoms with Crippen molar-refractivity contribution in [1.82, 2.24) is 0 Å². The monoisotopic (exact) mass is 220 g/mol. The van der Waals surface area contributed by atoms with Crippen molar-refractivity contribution in [2.45, 2.75) is 52.7 Å². The molecular weight excluding hydrogens is 199 g/mol. The minimum absolute atomic E-state index is 0.0668. The first-order valence-electron chi connectivity index (χ1n) is 5.07. The van der Waals surface area contributed by atoms with Gasteiger partial charge in [-0.2, -0.15) is 0 Å². The highest BCUT2D eigenvalue weighted by molar-refractivity contribution is 7.57. The van der Waals surface area contributed by atoms with E-state index in [4.69, 9.17) is 9.05 Å². The van der Waals surface area contributed by atoms with E-state index in [-0.39, 0.29) is 12.2 Å². The minimum atomic E-state index is -3.08. The molecule has 84 valence electrons. The van der Waals surface area contributed by atoms with Crippen molar-refractivity contribution < 1.29 is 13.6 Å². The summed E-state index contributed by atoms with van der Waals surface area (Å²) in [6.07, 6.45) is 1.48. The Balaban J connectivity index is 4.32. The van der Waals surface area contributed by atoms with E-state index >= 15 is 0 Å². The Morgan fingerprint density at radius 3 is 1.79 bits per heavy atom. The van der Waals surface area contributed by atoms with Crippen molar-refractivity contribution in [3.05, 3.63) is 12.4 Å². The summed E-state index contributed by atoms with van der Waals surface area (Å²) < 4.78 is 22.6. The molecule has 14 heavy (non-hydrogen) atoms. The lowest BCUT2D eigenvalue weighted by Gasteiger charge is -2.21. The molecule has 0 saturated carbocycles. The van der Waals surface area contributed by atoms with Crippen LogP contribution in [-0.4, -0.2) is 12.2 Å². The van der Waals surface area contributed by atoms with Gasteiger partial charge < -0.3 is 9.05 Å². The van der Waals surface area contributed by atoms with Crippen LogP contribution in [0.25, 0.3) is 0 Å². The zero-order valence-electron chi connectivity index (χ0n) is 9.53. The molecule has 0 N–H and O–H groups in total. The average molecular weight is 220 g/mol. The van der Waals surface area contributed by atoms with Crippen LogP contribution in [0.4, 0.5) is 0 Å². The molecule has 0 aliphatic heterocycles. The van der Waals surface area contributed by atoms with Crippen LogP contribution in [0.3, 0.4) is 0 Å². The van der Waals surface area contributed by atoms with E-state index in [2.05, 4.69) is 6.58 Å². The molecule has 0 aromatic rings. The average Bonchev–Trinajstić information content (AvgIpc) is 2.17. The molecule has 0 fully saturated rings. The van der Waals surface area contributed by atoms with Gasteiger partial charge in [-0.1, -0.05) is 20.4 Å². The second-order valence-electron chi connectivity index (χ2n) is 3.37. The van der Waals surface area contributed by atoms with Crippen LogP contribution in [-0.2, 0) is 13.6 Å². The zero-order chi connectivity index (χ0) is 11.2. The van der Waals surface area contributed by atoms with Crippen LogP contribution in [0.15, 0.2) is 12.4 Å². The normalized spacial score (nSPS) is 19.7. The van der Waals surface area contributed by atoms with E-state index in [1.54, 1.807) is 0 Å². The van der Waals surface area contributed by atoms with E-state index in [0.29, 0.717) is 0 Å². The van der Waals surface area contributed by atoms with E-state index in [0.717, 1.165) is 12.8 Å². The minimum Gasteiger partial charge on any atom is -0.303 e. The Hall–Kier alpha value is -0.110. The van der Waals surface area contributed by atoms with Crippen LogP contribution < -0.4 is 0 Å². The van der Waals surface area contributed by atoms with E-state index in [9.17, 15) is 4.57 Å². The predicted octanol–water partition coefficient (Wildman–Crippen LogP) is 3.95. The van der Waals surface area contributed by atoms with Gasteiger partial charge >= 0.3 is 7.60 Å². The largest absolute Gasteiger partial charge is 0.354 e. The molecule has 0 aliphatic rings. The molecule has 0 heterocycles. The first-order chi connectivity index (χ1) is 6.47. The van der Waals surface area contributed by atoms with Gasteiger partial charge in [0.2, 0.25) is 0 Å². The number of rotatable bonds is 7. The predicted molar refractivity (Wildman–Crippen MR) is 59.5 cm³/mol. The van der Waals surface area contributed by atoms with Gasteiger partial charge in [-0.25, -0.2) is 0 Å². The summed E-state index contributed by atoms with van der Waals surface area (Å²) >= 11 is 0. The van der Waals surface area contributed by atoms with Gasteiger partial charge in [0.25, 0.3) is 0 Å². The first-order valence-corrected chi connectivity index (χ1v) is 6.68. The maximum Gasteiger partial charge on any atom is 0.354 e. The van der Waals surface area contributed by atoms with Crippen LogP contribution in [0, 0.1) is 0 Å². The maximum absolute atomic E-state index is 12.0. The Labute approximate surface area is 87.0 Å². The molecule has 0 aromatic heterocycles. The lowest BCUT2D eigenvalue weighted by molar-refractivity contribution is 0.130. The molecule has 0 radical (unpaired) electrons. The molecule has 0 saturated heterocycles. The van der Waals surface area contributed by atoms with Crippen molar-refractivity contribution in [3.8, 4) is 0 Å². The third-order valence-electron chi connectivity index (χ3n) is 2.03. The summed E-state index contributed by atoms with van der Waals surface area (Å²) in [6, 6.07) is 0. The third kappa shape index (κ3) is 4.94. The van der Waals surface area contributed by atoms with Gasteiger partial charge in [-0.3, -0.25) is 4.57 Å². The van der Waals surface area contributed by atoms with Gasteiger partial charge in [0.15, 0.2) is 0 Å². The van der Waals surface area contributed by atoms with Crippen LogP contribution in [0.1, 0.15) is 40.5 Å². The van der Waals surface area contributed by atoms with Crippen LogP contribution >= 0.6 is 7.60 Å². The molecule has 0 aliphatic carbocycles. The summed E-state index contributed by atoms with van der Waals surface area (Å²) in [4.78, 5) is 0. The molecule has 0 rings (SSSR count). The standard InChI is InChI=1S/C10H21O3P/c1-6-9(4)12-14(11,8-3)13-10(5)7-2/h8-10H,3,6-7H2,1-2,4-5H3. The van der Waals surface area contributed by atoms with Crippen molar-refractivity contribution in [1.29, 1.82) is 0 Å². The molecule has 0 aromatic carbocycles. The number of hydrogen-bond donors (Lipinski definition) is 0. The van der Waals surface area contributed by atoms with Gasteiger partial charge in [0.1, 0.15) is 0 Å². The Bertz CT molecular complexity index is 199. The molecule has 0 amide bonds. The molecule has 0 spiro atoms. The summed E-state index contributed by atoms with van der Waals surface area (Å²) in [7, 11) is -3.08. The van der Waals surface area contributed by atoms with Crippen LogP contribution in [0.2, 0.25) is 0 Å². The lowest BCUT2D eigenvalue weighted by Crippen LogP contribution is -2.10. The highest BCUT2D eigenvalue weighted by Gasteiger charge is 2.24. The second-order valence-corrected chi connectivity index (χ2v) is 5.24. The summed E-state index contributed by atoms with van der Waals surface area (Å²) in [6.45, 7) is 11.2. The van der Waals surface area contributed by atoms with E-state index in [1.165, 1.54) is 5.82 Å². The van der Waals surface area contributed by atoms with E-state index < -0.39 is 7.60 Å². The molecule has 3 nitrogen and oxygen atoms in total. The topological polar surface area (TPSA) is 35.5 Å². The zero-order valence-corrected chi connectivity index (χ0v) is 10.4. The number of hydrogen-bond acceptors (Lipinski definition) is 3. The lowest BCUT2D eigenvalue weighted by atomic mass is 10.3. The summed E-state index contributed by atoms with van der Waals surface area (Å²) in [5.74, 6) is 1.28. The SMILES string of the molecule is C=CP(=O)(OC(C)CC)OC(C)CC. The quantitative estimate of drug-likeness (QED) is 0.609. The van der Waals surface area contributed by atoms with Gasteiger partial charge in [-0.05, 0) is 26.7 Å². The Morgan fingerprint density at radius 1 is 1.21 bits per heavy atom. The van der Waals surface area contributed by atoms with Crippen LogP contribution in [0.5, 0.6) is 0 Å². The van der Waals surface area contributed by atoms with Crippen molar-refractivity contribution >= 4 is 7.60 Å². The van der Waals surface area contributed by atoms with Gasteiger partial charge in [-0.15, -0.1) is 0 Å². The maximum atomic E-state index is 12.0. The second kappa shape index (κ2) is 6.39. The van der Waals surface area contributed by atoms with Gasteiger partial charge in [0, 0.05) is 5.82 Å². The Kier molecular flexibility index (Phi) is 6.34. The molecule has 0 bridgehead atoms. The first kappa shape index (κ1) is 13.9. The Morgan fingerprint density at radius 2 is 1.57 bits per heavy atom. The molecular formula is C10H21O3P. The van der Waals surface area contributed by atoms with Crippen molar-refractivity contribution in [2.24, 2.45) is 0 Å². The molecule has 2 unspecified atom stereocenters. The molecule has 4 heteroatoms. The van der Waals surface area contributed by atoms with Crippen molar-refractivity contribution in [3.63, 3.8) is 0 Å². The molecule has 2 atom stereocenters. The highest BCUT2D eigenvalue weighted by atomic mass is 31.2. The fourth-order valence-corrected chi connectivity index (χ4v) is 2.28. The summed E-state index contributed by atoms with van der Waals surface area (Å²) in [5, 5.41) is 0. The fourth-order valence-electron chi connectivity index (χ4n) is 0.762. The smallest absolute Gasteiger partial charge is 0.303 e. The van der Waals surface area contributed by atoms with Gasteiger partial charge in [0.05, 0.1) is 12.2 Å². The highest BCUT2D eigenvalue weighted by Crippen LogP contribution is 2.52. The van der Waals surface area contributed by atoms with Crippen molar-refractivity contribution in [2.75, 3.05) is 0 Å². The summed E-state index contributed by atoms with van der Waals surface area (Å²) in [5.41, 5.74) is 0.